The van der Waals surface area contributed by atoms with Crippen molar-refractivity contribution < 1.29 is 8.78 Å². The maximum absolute atomic E-state index is 13.9. The largest absolute Gasteiger partial charge is 0.309 e. The highest BCUT2D eigenvalue weighted by atomic mass is 32.1. The molecule has 2 nitrogen and oxygen atoms in total. The minimum atomic E-state index is -0.424. The number of rotatable bonds is 5. The average molecular weight is 306 g/mol. The van der Waals surface area contributed by atoms with Gasteiger partial charge < -0.3 is 5.32 Å². The smallest absolute Gasteiger partial charge is 0.133 e. The third-order valence-corrected chi connectivity index (χ3v) is 5.08. The van der Waals surface area contributed by atoms with Gasteiger partial charge in [-0.2, -0.15) is 0 Å². The summed E-state index contributed by atoms with van der Waals surface area (Å²) in [5, 5.41) is 4.09. The van der Waals surface area contributed by atoms with Crippen molar-refractivity contribution >= 4 is 11.3 Å². The number of aromatic nitrogens is 1. The second-order valence-electron chi connectivity index (χ2n) is 5.88. The molecule has 1 heterocycles. The van der Waals surface area contributed by atoms with Gasteiger partial charge in [0.15, 0.2) is 0 Å². The fourth-order valence-electron chi connectivity index (χ4n) is 2.47. The fourth-order valence-corrected chi connectivity index (χ4v) is 3.58. The van der Waals surface area contributed by atoms with Crippen LogP contribution in [0.25, 0.3) is 10.6 Å². The third-order valence-electron chi connectivity index (χ3n) is 3.98. The fraction of sp³-hybridized carbons (Fsp3) is 0.438. The first-order valence-corrected chi connectivity index (χ1v) is 8.21. The first kappa shape index (κ1) is 13.3. The first-order valence-electron chi connectivity index (χ1n) is 7.39. The number of benzene rings is 1. The molecule has 0 radical (unpaired) electrons. The van der Waals surface area contributed by atoms with Crippen LogP contribution in [0.2, 0.25) is 0 Å². The van der Waals surface area contributed by atoms with Crippen LogP contribution < -0.4 is 5.32 Å². The molecule has 0 atom stereocenters. The topological polar surface area (TPSA) is 24.9 Å². The van der Waals surface area contributed by atoms with Crippen molar-refractivity contribution in [3.8, 4) is 10.6 Å². The van der Waals surface area contributed by atoms with Gasteiger partial charge in [-0.3, -0.25) is 0 Å². The maximum Gasteiger partial charge on any atom is 0.133 e. The summed E-state index contributed by atoms with van der Waals surface area (Å²) in [6.07, 6.45) is 4.79. The first-order chi connectivity index (χ1) is 10.2. The van der Waals surface area contributed by atoms with E-state index in [9.17, 15) is 8.78 Å². The molecule has 0 aliphatic heterocycles. The molecule has 5 heteroatoms. The van der Waals surface area contributed by atoms with Crippen LogP contribution in [-0.4, -0.2) is 11.0 Å². The van der Waals surface area contributed by atoms with E-state index < -0.39 is 11.6 Å². The normalized spacial score (nSPS) is 18.2. The Morgan fingerprint density at radius 3 is 2.71 bits per heavy atom. The Labute approximate surface area is 126 Å². The summed E-state index contributed by atoms with van der Waals surface area (Å²) in [7, 11) is 0. The molecule has 21 heavy (non-hydrogen) atoms. The number of hydrogen-bond donors (Lipinski definition) is 1. The van der Waals surface area contributed by atoms with Gasteiger partial charge in [0, 0.05) is 28.9 Å². The van der Waals surface area contributed by atoms with Crippen molar-refractivity contribution in [3.63, 3.8) is 0 Å². The highest BCUT2D eigenvalue weighted by molar-refractivity contribution is 7.15. The lowest BCUT2D eigenvalue weighted by atomic mass is 10.2. The SMILES string of the molecule is Fc1ccc(F)c(-c2nc(C3CC3)c(CNC3CC3)s2)c1. The van der Waals surface area contributed by atoms with Gasteiger partial charge in [-0.1, -0.05) is 0 Å². The molecule has 2 fully saturated rings. The Balaban J connectivity index is 1.67. The van der Waals surface area contributed by atoms with Crippen LogP contribution in [-0.2, 0) is 6.54 Å². The van der Waals surface area contributed by atoms with Crippen molar-refractivity contribution in [2.45, 2.75) is 44.2 Å². The molecular weight excluding hydrogens is 290 g/mol. The summed E-state index contributed by atoms with van der Waals surface area (Å²) in [5.74, 6) is -0.316. The van der Waals surface area contributed by atoms with E-state index in [1.807, 2.05) is 0 Å². The molecule has 2 aliphatic rings. The monoisotopic (exact) mass is 306 g/mol. The van der Waals surface area contributed by atoms with E-state index in [4.69, 9.17) is 0 Å². The summed E-state index contributed by atoms with van der Waals surface area (Å²) in [5.41, 5.74) is 1.37. The molecule has 0 bridgehead atoms. The Bertz CT molecular complexity index is 675. The second-order valence-corrected chi connectivity index (χ2v) is 6.96. The Hall–Kier alpha value is -1.33. The van der Waals surface area contributed by atoms with Crippen molar-refractivity contribution in [1.82, 2.24) is 10.3 Å². The Morgan fingerprint density at radius 1 is 1.19 bits per heavy atom. The zero-order valence-electron chi connectivity index (χ0n) is 11.5. The van der Waals surface area contributed by atoms with Gasteiger partial charge in [0.25, 0.3) is 0 Å². The molecule has 0 spiro atoms. The van der Waals surface area contributed by atoms with E-state index in [0.717, 1.165) is 31.1 Å². The van der Waals surface area contributed by atoms with Gasteiger partial charge in [0.1, 0.15) is 16.6 Å². The standard InChI is InChI=1S/C16H16F2N2S/c17-10-3-6-13(18)12(7-10)16-20-15(9-1-2-9)14(21-16)8-19-11-4-5-11/h3,6-7,9,11,19H,1-2,4-5,8H2. The molecule has 0 saturated heterocycles. The number of hydrogen-bond acceptors (Lipinski definition) is 3. The van der Waals surface area contributed by atoms with Gasteiger partial charge in [-0.05, 0) is 43.9 Å². The van der Waals surface area contributed by atoms with Crippen molar-refractivity contribution in [1.29, 1.82) is 0 Å². The lowest BCUT2D eigenvalue weighted by Crippen LogP contribution is -2.15. The molecule has 2 aromatic rings. The summed E-state index contributed by atoms with van der Waals surface area (Å²) in [6.45, 7) is 0.797. The zero-order valence-corrected chi connectivity index (χ0v) is 12.4. The number of thiazole rings is 1. The molecule has 2 saturated carbocycles. The molecule has 110 valence electrons. The van der Waals surface area contributed by atoms with Gasteiger partial charge in [0.05, 0.1) is 5.69 Å². The zero-order chi connectivity index (χ0) is 14.4. The van der Waals surface area contributed by atoms with Crippen LogP contribution in [0.5, 0.6) is 0 Å². The van der Waals surface area contributed by atoms with Crippen LogP contribution >= 0.6 is 11.3 Å². The van der Waals surface area contributed by atoms with Gasteiger partial charge in [0.2, 0.25) is 0 Å². The molecule has 4 rings (SSSR count). The number of nitrogens with one attached hydrogen (secondary N) is 1. The summed E-state index contributed by atoms with van der Waals surface area (Å²) >= 11 is 1.49. The molecule has 1 aromatic heterocycles. The average Bonchev–Trinajstić information content (AvgIpc) is 3.38. The van der Waals surface area contributed by atoms with Crippen LogP contribution in [0.15, 0.2) is 18.2 Å². The van der Waals surface area contributed by atoms with Crippen LogP contribution in [0.4, 0.5) is 8.78 Å². The summed E-state index contributed by atoms with van der Waals surface area (Å²) in [4.78, 5) is 5.80. The lowest BCUT2D eigenvalue weighted by Gasteiger charge is -2.01. The van der Waals surface area contributed by atoms with E-state index in [-0.39, 0.29) is 5.56 Å². The Kier molecular flexibility index (Phi) is 3.27. The molecule has 0 unspecified atom stereocenters. The minimum absolute atomic E-state index is 0.277. The van der Waals surface area contributed by atoms with Crippen molar-refractivity contribution in [2.24, 2.45) is 0 Å². The molecule has 0 amide bonds. The molecule has 1 aromatic carbocycles. The van der Waals surface area contributed by atoms with Crippen LogP contribution in [0.1, 0.15) is 42.2 Å². The van der Waals surface area contributed by atoms with E-state index in [1.54, 1.807) is 0 Å². The Morgan fingerprint density at radius 2 is 2.00 bits per heavy atom. The van der Waals surface area contributed by atoms with Crippen LogP contribution in [0.3, 0.4) is 0 Å². The van der Waals surface area contributed by atoms with Gasteiger partial charge in [-0.15, -0.1) is 11.3 Å². The van der Waals surface area contributed by atoms with E-state index in [0.29, 0.717) is 17.0 Å². The van der Waals surface area contributed by atoms with Gasteiger partial charge >= 0.3 is 0 Å². The van der Waals surface area contributed by atoms with E-state index in [1.165, 1.54) is 41.2 Å². The minimum Gasteiger partial charge on any atom is -0.309 e. The second kappa shape index (κ2) is 5.14. The van der Waals surface area contributed by atoms with E-state index in [2.05, 4.69) is 10.3 Å². The predicted molar refractivity (Wildman–Crippen MR) is 79.3 cm³/mol. The number of halogens is 2. The van der Waals surface area contributed by atoms with Gasteiger partial charge in [-0.25, -0.2) is 13.8 Å². The molecule has 2 aliphatic carbocycles. The molecule has 1 N–H and O–H groups in total. The maximum atomic E-state index is 13.9. The van der Waals surface area contributed by atoms with E-state index >= 15 is 0 Å². The highest BCUT2D eigenvalue weighted by Crippen LogP contribution is 2.44. The quantitative estimate of drug-likeness (QED) is 0.894. The van der Waals surface area contributed by atoms with Crippen molar-refractivity contribution in [3.05, 3.63) is 40.4 Å². The molecular formula is C16H16F2N2S. The van der Waals surface area contributed by atoms with Crippen molar-refractivity contribution in [2.75, 3.05) is 0 Å². The van der Waals surface area contributed by atoms with Crippen LogP contribution in [0, 0.1) is 11.6 Å². The lowest BCUT2D eigenvalue weighted by molar-refractivity contribution is 0.603. The summed E-state index contributed by atoms with van der Waals surface area (Å²) in [6, 6.07) is 4.19. The number of nitrogens with zero attached hydrogens (tertiary/aromatic N) is 1. The summed E-state index contributed by atoms with van der Waals surface area (Å²) < 4.78 is 27.3. The predicted octanol–water partition coefficient (Wildman–Crippen LogP) is 4.22. The highest BCUT2D eigenvalue weighted by Gasteiger charge is 2.31. The third kappa shape index (κ3) is 2.85.